The predicted octanol–water partition coefficient (Wildman–Crippen LogP) is 0.486. The van der Waals surface area contributed by atoms with Gasteiger partial charge < -0.3 is 14.8 Å². The summed E-state index contributed by atoms with van der Waals surface area (Å²) < 4.78 is 0. The summed E-state index contributed by atoms with van der Waals surface area (Å²) in [6, 6.07) is 4.67. The predicted molar refractivity (Wildman–Crippen MR) is 65.7 cm³/mol. The fraction of sp³-hybridized carbons (Fsp3) is 0.462. The molecule has 1 fully saturated rings. The van der Waals surface area contributed by atoms with Crippen LogP contribution >= 0.6 is 0 Å². The number of benzene rings is 1. The third-order valence-electron chi connectivity index (χ3n) is 4.09. The number of nitrogens with zero attached hydrogens (tertiary/aromatic N) is 2. The first kappa shape index (κ1) is 12.0. The fourth-order valence-corrected chi connectivity index (χ4v) is 3.25. The van der Waals surface area contributed by atoms with Crippen LogP contribution in [0.5, 0.6) is 0 Å². The van der Waals surface area contributed by atoms with Gasteiger partial charge >= 0.3 is 0 Å². The molecule has 0 aliphatic carbocycles. The van der Waals surface area contributed by atoms with Gasteiger partial charge in [-0.3, -0.25) is 10.1 Å². The average Bonchev–Trinajstić information content (AvgIpc) is 2.85. The molecule has 2 atom stereocenters. The van der Waals surface area contributed by atoms with Gasteiger partial charge in [-0.25, -0.2) is 0 Å². The molecule has 6 nitrogen and oxygen atoms in total. The molecule has 2 aliphatic rings. The lowest BCUT2D eigenvalue weighted by Gasteiger charge is -2.39. The second kappa shape index (κ2) is 4.22. The van der Waals surface area contributed by atoms with Crippen LogP contribution in [0.1, 0.15) is 18.4 Å². The largest absolute Gasteiger partial charge is 0.550 e. The lowest BCUT2D eigenvalue weighted by molar-refractivity contribution is -0.384. The molecule has 0 N–H and O–H groups in total. The summed E-state index contributed by atoms with van der Waals surface area (Å²) in [5.74, 6) is -1.63. The molecule has 0 spiro atoms. The number of carboxylic acids is 1. The zero-order valence-electron chi connectivity index (χ0n) is 10.2. The number of fused-ring (bicyclic) bond motifs is 3. The van der Waals surface area contributed by atoms with Gasteiger partial charge in [-0.05, 0) is 30.9 Å². The number of rotatable bonds is 2. The van der Waals surface area contributed by atoms with Crippen molar-refractivity contribution < 1.29 is 14.8 Å². The molecule has 3 rings (SSSR count). The molecule has 0 unspecified atom stereocenters. The van der Waals surface area contributed by atoms with Gasteiger partial charge in [-0.15, -0.1) is 0 Å². The first-order chi connectivity index (χ1) is 9.08. The maximum atomic E-state index is 11.3. The Morgan fingerprint density at radius 1 is 1.42 bits per heavy atom. The molecule has 0 radical (unpaired) electrons. The van der Waals surface area contributed by atoms with E-state index >= 15 is 0 Å². The minimum atomic E-state index is -1.06. The molecule has 100 valence electrons. The number of aliphatic carboxylic acids is 1. The Hall–Kier alpha value is -2.11. The van der Waals surface area contributed by atoms with Gasteiger partial charge in [0, 0.05) is 42.3 Å². The zero-order chi connectivity index (χ0) is 13.6. The lowest BCUT2D eigenvalue weighted by atomic mass is 9.85. The van der Waals surface area contributed by atoms with Crippen molar-refractivity contribution in [3.63, 3.8) is 0 Å². The molecule has 2 heterocycles. The van der Waals surface area contributed by atoms with E-state index in [2.05, 4.69) is 4.90 Å². The van der Waals surface area contributed by atoms with Crippen molar-refractivity contribution in [3.8, 4) is 0 Å². The van der Waals surface area contributed by atoms with Crippen molar-refractivity contribution in [2.45, 2.75) is 25.3 Å². The van der Waals surface area contributed by atoms with Gasteiger partial charge in [0.1, 0.15) is 0 Å². The fourth-order valence-electron chi connectivity index (χ4n) is 3.25. The molecule has 0 amide bonds. The Bertz CT molecular complexity index is 558. The summed E-state index contributed by atoms with van der Waals surface area (Å²) in [5, 5.41) is 22.0. The standard InChI is InChI=1S/C13H14N2O4/c16-13(17)10-7-8-6-9(15(18)19)3-4-11(8)14-5-1-2-12(10)14/h3-4,6,10,12H,1-2,5,7H2,(H,16,17)/p-1/t10-,12-/m1/s1. The minimum Gasteiger partial charge on any atom is -0.550 e. The second-order valence-corrected chi connectivity index (χ2v) is 5.10. The van der Waals surface area contributed by atoms with E-state index in [0.29, 0.717) is 6.42 Å². The summed E-state index contributed by atoms with van der Waals surface area (Å²) >= 11 is 0. The average molecular weight is 261 g/mol. The van der Waals surface area contributed by atoms with Crippen molar-refractivity contribution in [1.29, 1.82) is 0 Å². The van der Waals surface area contributed by atoms with Crippen molar-refractivity contribution in [1.82, 2.24) is 0 Å². The minimum absolute atomic E-state index is 0.00787. The Balaban J connectivity index is 2.05. The normalized spacial score (nSPS) is 24.7. The first-order valence-corrected chi connectivity index (χ1v) is 6.33. The van der Waals surface area contributed by atoms with E-state index in [1.165, 1.54) is 12.1 Å². The molecule has 0 aromatic heterocycles. The molecule has 0 saturated carbocycles. The highest BCUT2D eigenvalue weighted by atomic mass is 16.6. The third-order valence-corrected chi connectivity index (χ3v) is 4.09. The molecule has 0 bridgehead atoms. The monoisotopic (exact) mass is 261 g/mol. The van der Waals surface area contributed by atoms with E-state index < -0.39 is 16.8 Å². The molecule has 19 heavy (non-hydrogen) atoms. The lowest BCUT2D eigenvalue weighted by Crippen LogP contribution is -2.49. The highest BCUT2D eigenvalue weighted by Crippen LogP contribution is 2.40. The Morgan fingerprint density at radius 3 is 2.89 bits per heavy atom. The SMILES string of the molecule is O=C([O-])[C@@H]1Cc2cc([N+](=O)[O-])ccc2N2CCC[C@H]12. The van der Waals surface area contributed by atoms with Crippen LogP contribution in [-0.4, -0.2) is 23.5 Å². The van der Waals surface area contributed by atoms with Crippen LogP contribution in [0.15, 0.2) is 18.2 Å². The number of carbonyl (C=O) groups is 1. The van der Waals surface area contributed by atoms with E-state index in [4.69, 9.17) is 0 Å². The molecule has 6 heteroatoms. The van der Waals surface area contributed by atoms with E-state index in [9.17, 15) is 20.0 Å². The summed E-state index contributed by atoms with van der Waals surface area (Å²) in [7, 11) is 0. The summed E-state index contributed by atoms with van der Waals surface area (Å²) in [6.45, 7) is 0.805. The first-order valence-electron chi connectivity index (χ1n) is 6.33. The maximum absolute atomic E-state index is 11.3. The molecule has 1 saturated heterocycles. The van der Waals surface area contributed by atoms with Gasteiger partial charge in [-0.2, -0.15) is 0 Å². The third kappa shape index (κ3) is 1.83. The van der Waals surface area contributed by atoms with Gasteiger partial charge in [-0.1, -0.05) is 0 Å². The van der Waals surface area contributed by atoms with Crippen LogP contribution in [0.2, 0.25) is 0 Å². The Labute approximate surface area is 109 Å². The number of nitro benzene ring substituents is 1. The van der Waals surface area contributed by atoms with Crippen molar-refractivity contribution >= 4 is 17.3 Å². The number of hydrogen-bond donors (Lipinski definition) is 0. The van der Waals surface area contributed by atoms with Gasteiger partial charge in [0.15, 0.2) is 0 Å². The molecule has 1 aromatic rings. The van der Waals surface area contributed by atoms with E-state index in [1.54, 1.807) is 6.07 Å². The Kier molecular flexibility index (Phi) is 2.66. The second-order valence-electron chi connectivity index (χ2n) is 5.10. The number of carbonyl (C=O) groups excluding carboxylic acids is 1. The zero-order valence-corrected chi connectivity index (χ0v) is 10.2. The van der Waals surface area contributed by atoms with E-state index in [-0.39, 0.29) is 11.7 Å². The quantitative estimate of drug-likeness (QED) is 0.571. The van der Waals surface area contributed by atoms with Gasteiger partial charge in [0.05, 0.1) is 4.92 Å². The van der Waals surface area contributed by atoms with Crippen molar-refractivity contribution in [2.24, 2.45) is 5.92 Å². The summed E-state index contributed by atoms with van der Waals surface area (Å²) in [5.41, 5.74) is 1.68. The summed E-state index contributed by atoms with van der Waals surface area (Å²) in [4.78, 5) is 23.7. The van der Waals surface area contributed by atoms with Crippen LogP contribution in [0.25, 0.3) is 0 Å². The molecule has 2 aliphatic heterocycles. The molecule has 1 aromatic carbocycles. The van der Waals surface area contributed by atoms with Crippen LogP contribution in [-0.2, 0) is 11.2 Å². The smallest absolute Gasteiger partial charge is 0.269 e. The highest BCUT2D eigenvalue weighted by molar-refractivity contribution is 5.74. The maximum Gasteiger partial charge on any atom is 0.269 e. The van der Waals surface area contributed by atoms with Crippen LogP contribution < -0.4 is 10.0 Å². The highest BCUT2D eigenvalue weighted by Gasteiger charge is 2.38. The number of non-ortho nitro benzene ring substituents is 1. The van der Waals surface area contributed by atoms with Gasteiger partial charge in [0.2, 0.25) is 0 Å². The van der Waals surface area contributed by atoms with Crippen LogP contribution in [0.3, 0.4) is 0 Å². The van der Waals surface area contributed by atoms with Crippen molar-refractivity contribution in [3.05, 3.63) is 33.9 Å². The van der Waals surface area contributed by atoms with Gasteiger partial charge in [0.25, 0.3) is 5.69 Å². The van der Waals surface area contributed by atoms with Crippen molar-refractivity contribution in [2.75, 3.05) is 11.4 Å². The number of anilines is 1. The molecular formula is C13H13N2O4-. The number of nitro groups is 1. The topological polar surface area (TPSA) is 86.5 Å². The van der Waals surface area contributed by atoms with Crippen LogP contribution in [0.4, 0.5) is 11.4 Å². The molecular weight excluding hydrogens is 248 g/mol. The van der Waals surface area contributed by atoms with E-state index in [0.717, 1.165) is 30.6 Å². The number of hydrogen-bond acceptors (Lipinski definition) is 5. The number of carboxylic acid groups (broad SMARTS) is 1. The summed E-state index contributed by atoms with van der Waals surface area (Å²) in [6.07, 6.45) is 2.11. The van der Waals surface area contributed by atoms with E-state index in [1.807, 2.05) is 0 Å². The Morgan fingerprint density at radius 2 is 2.21 bits per heavy atom. The van der Waals surface area contributed by atoms with Crippen LogP contribution in [0, 0.1) is 16.0 Å².